The van der Waals surface area contributed by atoms with Crippen molar-refractivity contribution in [3.8, 4) is 11.8 Å². The first-order chi connectivity index (χ1) is 10.0. The molecule has 0 aliphatic carbocycles. The summed E-state index contributed by atoms with van der Waals surface area (Å²) in [5, 5.41) is 0. The van der Waals surface area contributed by atoms with E-state index in [1.807, 2.05) is 20.8 Å². The molecule has 0 aliphatic heterocycles. The molecule has 1 atom stereocenters. The molecule has 0 nitrogen and oxygen atoms in total. The fraction of sp³-hybridized carbons (Fsp3) is 0.810. The number of allylic oxidation sites excluding steroid dienone is 1. The Balaban J connectivity index is -0.000000151. The molecule has 0 aromatic carbocycles. The quantitative estimate of drug-likeness (QED) is 0.357. The summed E-state index contributed by atoms with van der Waals surface area (Å²) in [5.41, 5.74) is 0. The third-order valence-corrected chi connectivity index (χ3v) is 2.12. The van der Waals surface area contributed by atoms with E-state index < -0.39 is 0 Å². The first-order valence-corrected chi connectivity index (χ1v) is 9.11. The van der Waals surface area contributed by atoms with Gasteiger partial charge in [-0.15, -0.1) is 12.5 Å². The zero-order valence-electron chi connectivity index (χ0n) is 16.7. The Hall–Kier alpha value is -0.700. The van der Waals surface area contributed by atoms with Gasteiger partial charge in [0.15, 0.2) is 0 Å². The summed E-state index contributed by atoms with van der Waals surface area (Å²) in [6.45, 7) is 22.3. The maximum absolute atomic E-state index is 3.40. The van der Waals surface area contributed by atoms with Gasteiger partial charge in [-0.1, -0.05) is 93.1 Å². The van der Waals surface area contributed by atoms with E-state index in [0.29, 0.717) is 11.8 Å². The maximum Gasteiger partial charge on any atom is 0.0202 e. The van der Waals surface area contributed by atoms with Gasteiger partial charge in [-0.3, -0.25) is 0 Å². The molecule has 0 heteroatoms. The van der Waals surface area contributed by atoms with E-state index in [1.54, 1.807) is 6.08 Å². The standard InChI is InChI=1S/C13H24.C3H8.C3H6.C2H6/c1-5-7-9-13(8-6-2)11-10-12(3)4;2*1-3-2;1-2/h12-13H,5-9H2,1-4H3;3H2,1-2H3;3H,1H2,2H3;1-2H3. The molecule has 128 valence electrons. The Morgan fingerprint density at radius 2 is 1.33 bits per heavy atom. The van der Waals surface area contributed by atoms with Crippen molar-refractivity contribution in [2.75, 3.05) is 0 Å². The molecule has 0 amide bonds. The summed E-state index contributed by atoms with van der Waals surface area (Å²) in [6.07, 6.45) is 9.46. The highest BCUT2D eigenvalue weighted by molar-refractivity contribution is 5.05. The molecule has 0 spiro atoms. The monoisotopic (exact) mass is 296 g/mol. The van der Waals surface area contributed by atoms with Crippen molar-refractivity contribution < 1.29 is 0 Å². The van der Waals surface area contributed by atoms with E-state index in [4.69, 9.17) is 0 Å². The number of rotatable bonds is 5. The van der Waals surface area contributed by atoms with Gasteiger partial charge in [0.05, 0.1) is 0 Å². The number of unbranched alkanes of at least 4 members (excludes halogenated alkanes) is 1. The van der Waals surface area contributed by atoms with Gasteiger partial charge < -0.3 is 0 Å². The van der Waals surface area contributed by atoms with Crippen molar-refractivity contribution >= 4 is 0 Å². The zero-order chi connectivity index (χ0) is 17.5. The second-order valence-electron chi connectivity index (χ2n) is 5.19. The third-order valence-electron chi connectivity index (χ3n) is 2.12. The molecule has 0 aliphatic rings. The van der Waals surface area contributed by atoms with Gasteiger partial charge in [-0.25, -0.2) is 0 Å². The van der Waals surface area contributed by atoms with Crippen molar-refractivity contribution in [3.63, 3.8) is 0 Å². The summed E-state index contributed by atoms with van der Waals surface area (Å²) < 4.78 is 0. The van der Waals surface area contributed by atoms with Crippen molar-refractivity contribution in [2.24, 2.45) is 11.8 Å². The van der Waals surface area contributed by atoms with Crippen LogP contribution in [0.3, 0.4) is 0 Å². The zero-order valence-corrected chi connectivity index (χ0v) is 16.7. The summed E-state index contributed by atoms with van der Waals surface area (Å²) >= 11 is 0. The van der Waals surface area contributed by atoms with Crippen LogP contribution in [0.1, 0.15) is 101 Å². The third kappa shape index (κ3) is 45.2. The highest BCUT2D eigenvalue weighted by atomic mass is 14.1. The maximum atomic E-state index is 3.40. The molecule has 0 saturated heterocycles. The minimum atomic E-state index is 0.529. The van der Waals surface area contributed by atoms with Crippen LogP contribution in [0, 0.1) is 23.7 Å². The van der Waals surface area contributed by atoms with Gasteiger partial charge in [0.25, 0.3) is 0 Å². The average molecular weight is 297 g/mol. The summed E-state index contributed by atoms with van der Waals surface area (Å²) in [5.74, 6) is 7.88. The Labute approximate surface area is 137 Å². The predicted octanol–water partition coefficient (Wildman–Crippen LogP) is 7.89. The lowest BCUT2D eigenvalue weighted by Crippen LogP contribution is -1.97. The lowest BCUT2D eigenvalue weighted by Gasteiger charge is -2.07. The van der Waals surface area contributed by atoms with Crippen LogP contribution in [0.2, 0.25) is 0 Å². The molecular formula is C21H44. The van der Waals surface area contributed by atoms with Gasteiger partial charge in [-0.05, 0) is 19.8 Å². The SMILES string of the molecule is C=CC.CC.CCC.CCCCC(C#CC(C)C)CCC. The van der Waals surface area contributed by atoms with Crippen LogP contribution in [-0.2, 0) is 0 Å². The smallest absolute Gasteiger partial charge is 0.0202 e. The summed E-state index contributed by atoms with van der Waals surface area (Å²) in [4.78, 5) is 0. The largest absolute Gasteiger partial charge is 0.103 e. The van der Waals surface area contributed by atoms with Crippen LogP contribution >= 0.6 is 0 Å². The molecule has 0 radical (unpaired) electrons. The molecule has 0 heterocycles. The molecule has 0 bridgehead atoms. The van der Waals surface area contributed by atoms with Crippen LogP contribution in [0.15, 0.2) is 12.7 Å². The van der Waals surface area contributed by atoms with E-state index in [2.05, 4.69) is 60.0 Å². The Bertz CT molecular complexity index is 202. The molecule has 0 saturated carbocycles. The normalized spacial score (nSPS) is 9.43. The van der Waals surface area contributed by atoms with Crippen molar-refractivity contribution in [1.82, 2.24) is 0 Å². The summed E-state index contributed by atoms with van der Waals surface area (Å²) in [7, 11) is 0. The minimum absolute atomic E-state index is 0.529. The lowest BCUT2D eigenvalue weighted by molar-refractivity contribution is 0.526. The average Bonchev–Trinajstić information content (AvgIpc) is 2.46. The molecule has 0 fully saturated rings. The molecule has 0 aromatic rings. The molecule has 0 rings (SSSR count). The van der Waals surface area contributed by atoms with E-state index in [-0.39, 0.29) is 0 Å². The molecule has 0 aromatic heterocycles. The van der Waals surface area contributed by atoms with Crippen molar-refractivity contribution in [3.05, 3.63) is 12.7 Å². The first kappa shape index (κ1) is 28.5. The van der Waals surface area contributed by atoms with Gasteiger partial charge in [0.1, 0.15) is 0 Å². The molecule has 1 unspecified atom stereocenters. The fourth-order valence-electron chi connectivity index (χ4n) is 1.37. The van der Waals surface area contributed by atoms with Crippen LogP contribution < -0.4 is 0 Å². The van der Waals surface area contributed by atoms with Crippen LogP contribution in [0.5, 0.6) is 0 Å². The summed E-state index contributed by atoms with van der Waals surface area (Å²) in [6, 6.07) is 0. The second-order valence-corrected chi connectivity index (χ2v) is 5.19. The molecular weight excluding hydrogens is 252 g/mol. The van der Waals surface area contributed by atoms with Gasteiger partial charge in [-0.2, -0.15) is 0 Å². The van der Waals surface area contributed by atoms with E-state index in [9.17, 15) is 0 Å². The minimum Gasteiger partial charge on any atom is -0.103 e. The van der Waals surface area contributed by atoms with E-state index >= 15 is 0 Å². The van der Waals surface area contributed by atoms with Gasteiger partial charge >= 0.3 is 0 Å². The van der Waals surface area contributed by atoms with Crippen LogP contribution in [0.4, 0.5) is 0 Å². The Morgan fingerprint density at radius 1 is 0.905 bits per heavy atom. The number of hydrogen-bond donors (Lipinski definition) is 0. The number of hydrogen-bond acceptors (Lipinski definition) is 0. The van der Waals surface area contributed by atoms with E-state index in [1.165, 1.54) is 38.5 Å². The van der Waals surface area contributed by atoms with E-state index in [0.717, 1.165) is 0 Å². The highest BCUT2D eigenvalue weighted by Gasteiger charge is 2.02. The Kier molecular flexibility index (Phi) is 42.8. The highest BCUT2D eigenvalue weighted by Crippen LogP contribution is 2.13. The molecule has 0 N–H and O–H groups in total. The van der Waals surface area contributed by atoms with Gasteiger partial charge in [0, 0.05) is 11.8 Å². The fourth-order valence-corrected chi connectivity index (χ4v) is 1.37. The van der Waals surface area contributed by atoms with Crippen LogP contribution in [-0.4, -0.2) is 0 Å². The molecule has 21 heavy (non-hydrogen) atoms. The Morgan fingerprint density at radius 3 is 1.62 bits per heavy atom. The second kappa shape index (κ2) is 31.6. The first-order valence-electron chi connectivity index (χ1n) is 9.11. The van der Waals surface area contributed by atoms with Crippen molar-refractivity contribution in [1.29, 1.82) is 0 Å². The lowest BCUT2D eigenvalue weighted by atomic mass is 9.97. The van der Waals surface area contributed by atoms with Crippen molar-refractivity contribution in [2.45, 2.75) is 101 Å². The predicted molar refractivity (Wildman–Crippen MR) is 104 cm³/mol. The topological polar surface area (TPSA) is 0 Å². The van der Waals surface area contributed by atoms with Gasteiger partial charge in [0.2, 0.25) is 0 Å². The van der Waals surface area contributed by atoms with Crippen LogP contribution in [0.25, 0.3) is 0 Å².